The second kappa shape index (κ2) is 5.18. The molecule has 0 amide bonds. The van der Waals surface area contributed by atoms with Gasteiger partial charge in [-0.1, -0.05) is 30.3 Å². The fourth-order valence-electron chi connectivity index (χ4n) is 1.57. The highest BCUT2D eigenvalue weighted by atomic mass is 32.2. The zero-order chi connectivity index (χ0) is 13.0. The summed E-state index contributed by atoms with van der Waals surface area (Å²) in [5.41, 5.74) is 2.13. The third-order valence-corrected chi connectivity index (χ3v) is 3.75. The molecule has 1 aromatic carbocycles. The van der Waals surface area contributed by atoms with Crippen LogP contribution in [0, 0.1) is 6.92 Å². The monoisotopic (exact) mass is 262 g/mol. The van der Waals surface area contributed by atoms with Gasteiger partial charge >= 0.3 is 0 Å². The van der Waals surface area contributed by atoms with Crippen LogP contribution in [-0.4, -0.2) is 13.4 Å². The molecule has 0 aliphatic carbocycles. The first-order valence-electron chi connectivity index (χ1n) is 5.52. The van der Waals surface area contributed by atoms with Crippen LogP contribution in [0.4, 0.5) is 5.69 Å². The molecule has 1 N–H and O–H groups in total. The zero-order valence-corrected chi connectivity index (χ0v) is 10.8. The van der Waals surface area contributed by atoms with E-state index in [0.29, 0.717) is 5.69 Å². The molecule has 0 saturated heterocycles. The second-order valence-corrected chi connectivity index (χ2v) is 5.76. The molecule has 0 spiro atoms. The number of aromatic nitrogens is 1. The number of nitrogens with one attached hydrogen (secondary N) is 1. The molecule has 0 bridgehead atoms. The van der Waals surface area contributed by atoms with Crippen LogP contribution in [0.2, 0.25) is 0 Å². The van der Waals surface area contributed by atoms with Crippen LogP contribution in [0.15, 0.2) is 48.8 Å². The average molecular weight is 262 g/mol. The molecule has 0 fully saturated rings. The van der Waals surface area contributed by atoms with Gasteiger partial charge in [0.25, 0.3) is 0 Å². The van der Waals surface area contributed by atoms with E-state index in [1.165, 1.54) is 6.20 Å². The smallest absolute Gasteiger partial charge is 0.236 e. The van der Waals surface area contributed by atoms with E-state index in [0.717, 1.165) is 11.1 Å². The van der Waals surface area contributed by atoms with E-state index in [9.17, 15) is 8.42 Å². The maximum atomic E-state index is 12.0. The molecule has 2 aromatic rings. The molecule has 0 radical (unpaired) electrons. The first-order valence-corrected chi connectivity index (χ1v) is 7.17. The fraction of sp³-hybridized carbons (Fsp3) is 0.154. The minimum absolute atomic E-state index is 0.0395. The molecular weight excluding hydrogens is 248 g/mol. The molecule has 0 aliphatic rings. The third kappa shape index (κ3) is 3.30. The van der Waals surface area contributed by atoms with Gasteiger partial charge in [-0.2, -0.15) is 0 Å². The summed E-state index contributed by atoms with van der Waals surface area (Å²) < 4.78 is 26.5. The summed E-state index contributed by atoms with van der Waals surface area (Å²) in [4.78, 5) is 3.91. The highest BCUT2D eigenvalue weighted by Gasteiger charge is 2.12. The lowest BCUT2D eigenvalue weighted by atomic mass is 10.2. The van der Waals surface area contributed by atoms with Gasteiger partial charge in [0.2, 0.25) is 10.0 Å². The van der Waals surface area contributed by atoms with Gasteiger partial charge < -0.3 is 0 Å². The maximum absolute atomic E-state index is 12.0. The largest absolute Gasteiger partial charge is 0.281 e. The molecule has 1 heterocycles. The zero-order valence-electron chi connectivity index (χ0n) is 10.00. The number of anilines is 1. The van der Waals surface area contributed by atoms with Crippen molar-refractivity contribution in [3.63, 3.8) is 0 Å². The van der Waals surface area contributed by atoms with E-state index in [-0.39, 0.29) is 5.75 Å². The Kier molecular flexibility index (Phi) is 3.62. The molecule has 0 aliphatic heterocycles. The molecule has 0 atom stereocenters. The summed E-state index contributed by atoms with van der Waals surface area (Å²) in [5.74, 6) is -0.0395. The summed E-state index contributed by atoms with van der Waals surface area (Å²) in [7, 11) is -3.40. The Bertz CT molecular complexity index is 624. The minimum atomic E-state index is -3.40. The van der Waals surface area contributed by atoms with Crippen molar-refractivity contribution in [1.29, 1.82) is 0 Å². The van der Waals surface area contributed by atoms with Crippen LogP contribution in [0.3, 0.4) is 0 Å². The Morgan fingerprint density at radius 1 is 1.17 bits per heavy atom. The first kappa shape index (κ1) is 12.6. The number of benzene rings is 1. The highest BCUT2D eigenvalue weighted by molar-refractivity contribution is 7.91. The molecule has 0 unspecified atom stereocenters. The molecule has 0 saturated carbocycles. The molecule has 94 valence electrons. The van der Waals surface area contributed by atoms with Crippen LogP contribution in [0.5, 0.6) is 0 Å². The van der Waals surface area contributed by atoms with Crippen molar-refractivity contribution in [2.75, 3.05) is 4.72 Å². The molecule has 2 rings (SSSR count). The van der Waals surface area contributed by atoms with Gasteiger partial charge in [-0.05, 0) is 24.1 Å². The number of rotatable bonds is 4. The number of hydrogen-bond acceptors (Lipinski definition) is 3. The number of pyridine rings is 1. The quantitative estimate of drug-likeness (QED) is 0.920. The molecule has 1 aromatic heterocycles. The first-order chi connectivity index (χ1) is 8.57. The predicted octanol–water partition coefficient (Wildman–Crippen LogP) is 2.33. The van der Waals surface area contributed by atoms with E-state index in [1.54, 1.807) is 24.4 Å². The van der Waals surface area contributed by atoms with Crippen molar-refractivity contribution in [2.45, 2.75) is 12.7 Å². The Hall–Kier alpha value is -1.88. The van der Waals surface area contributed by atoms with E-state index >= 15 is 0 Å². The van der Waals surface area contributed by atoms with Crippen molar-refractivity contribution in [1.82, 2.24) is 4.98 Å². The summed E-state index contributed by atoms with van der Waals surface area (Å²) in [6, 6.07) is 10.8. The SMILES string of the molecule is Cc1ccncc1NS(=O)(=O)Cc1ccccc1. The Labute approximate surface area is 107 Å². The predicted molar refractivity (Wildman–Crippen MR) is 71.7 cm³/mol. The van der Waals surface area contributed by atoms with Gasteiger partial charge in [-0.3, -0.25) is 9.71 Å². The standard InChI is InChI=1S/C13H14N2O2S/c1-11-7-8-14-9-13(11)15-18(16,17)10-12-5-3-2-4-6-12/h2-9,15H,10H2,1H3. The molecule has 4 nitrogen and oxygen atoms in total. The van der Waals surface area contributed by atoms with E-state index < -0.39 is 10.0 Å². The lowest BCUT2D eigenvalue weighted by Crippen LogP contribution is -2.15. The second-order valence-electron chi connectivity index (χ2n) is 4.04. The number of hydrogen-bond donors (Lipinski definition) is 1. The van der Waals surface area contributed by atoms with Gasteiger partial charge in [0, 0.05) is 6.20 Å². The van der Waals surface area contributed by atoms with Gasteiger partial charge in [0.1, 0.15) is 0 Å². The maximum Gasteiger partial charge on any atom is 0.236 e. The summed E-state index contributed by atoms with van der Waals surface area (Å²) in [6.45, 7) is 1.84. The molecular formula is C13H14N2O2S. The van der Waals surface area contributed by atoms with Crippen molar-refractivity contribution in [3.05, 3.63) is 59.9 Å². The Morgan fingerprint density at radius 3 is 2.56 bits per heavy atom. The molecule has 18 heavy (non-hydrogen) atoms. The Morgan fingerprint density at radius 2 is 1.89 bits per heavy atom. The van der Waals surface area contributed by atoms with Gasteiger partial charge in [0.05, 0.1) is 17.6 Å². The third-order valence-electron chi connectivity index (χ3n) is 2.50. The topological polar surface area (TPSA) is 59.1 Å². The van der Waals surface area contributed by atoms with Crippen LogP contribution < -0.4 is 4.72 Å². The lowest BCUT2D eigenvalue weighted by molar-refractivity contribution is 0.600. The molecule has 5 heteroatoms. The lowest BCUT2D eigenvalue weighted by Gasteiger charge is -2.09. The van der Waals surface area contributed by atoms with E-state index in [2.05, 4.69) is 9.71 Å². The summed E-state index contributed by atoms with van der Waals surface area (Å²) in [6.07, 6.45) is 3.14. The number of aryl methyl sites for hydroxylation is 1. The van der Waals surface area contributed by atoms with E-state index in [1.807, 2.05) is 25.1 Å². The van der Waals surface area contributed by atoms with Crippen LogP contribution in [0.25, 0.3) is 0 Å². The van der Waals surface area contributed by atoms with Crippen LogP contribution >= 0.6 is 0 Å². The summed E-state index contributed by atoms with van der Waals surface area (Å²) >= 11 is 0. The van der Waals surface area contributed by atoms with Crippen molar-refractivity contribution in [3.8, 4) is 0 Å². The van der Waals surface area contributed by atoms with Gasteiger partial charge in [-0.25, -0.2) is 8.42 Å². The van der Waals surface area contributed by atoms with Gasteiger partial charge in [-0.15, -0.1) is 0 Å². The Balaban J connectivity index is 2.16. The van der Waals surface area contributed by atoms with E-state index in [4.69, 9.17) is 0 Å². The van der Waals surface area contributed by atoms with Gasteiger partial charge in [0.15, 0.2) is 0 Å². The van der Waals surface area contributed by atoms with Crippen LogP contribution in [0.1, 0.15) is 11.1 Å². The van der Waals surface area contributed by atoms with Crippen molar-refractivity contribution >= 4 is 15.7 Å². The average Bonchev–Trinajstić information content (AvgIpc) is 2.32. The minimum Gasteiger partial charge on any atom is -0.281 e. The highest BCUT2D eigenvalue weighted by Crippen LogP contribution is 2.15. The van der Waals surface area contributed by atoms with Crippen molar-refractivity contribution in [2.24, 2.45) is 0 Å². The number of nitrogens with zero attached hydrogens (tertiary/aromatic N) is 1. The summed E-state index contributed by atoms with van der Waals surface area (Å²) in [5, 5.41) is 0. The fourth-order valence-corrected chi connectivity index (χ4v) is 2.82. The van der Waals surface area contributed by atoms with Crippen molar-refractivity contribution < 1.29 is 8.42 Å². The normalized spacial score (nSPS) is 11.2. The van der Waals surface area contributed by atoms with Crippen LogP contribution in [-0.2, 0) is 15.8 Å². The number of sulfonamides is 1.